The number of nitrogens with zero attached hydrogens (tertiary/aromatic N) is 1. The monoisotopic (exact) mass is 353 g/mol. The van der Waals surface area contributed by atoms with E-state index in [1.807, 2.05) is 6.92 Å². The van der Waals surface area contributed by atoms with E-state index in [4.69, 9.17) is 0 Å². The molecule has 0 aromatic heterocycles. The summed E-state index contributed by atoms with van der Waals surface area (Å²) in [6.45, 7) is 6.04. The molecule has 1 amide bonds. The van der Waals surface area contributed by atoms with Gasteiger partial charge in [-0.3, -0.25) is 4.79 Å². The summed E-state index contributed by atoms with van der Waals surface area (Å²) in [5.74, 6) is 2.00. The van der Waals surface area contributed by atoms with Gasteiger partial charge in [-0.1, -0.05) is 18.2 Å². The molecular weight excluding hydrogens is 322 g/mol. The van der Waals surface area contributed by atoms with E-state index in [0.29, 0.717) is 24.2 Å². The number of hydrogen-bond donors (Lipinski definition) is 1. The quantitative estimate of drug-likeness (QED) is 0.894. The third-order valence-corrected chi connectivity index (χ3v) is 7.44. The first-order chi connectivity index (χ1) is 12.3. The number of amides is 1. The molecule has 0 bridgehead atoms. The Kier molecular flexibility index (Phi) is 3.60. The van der Waals surface area contributed by atoms with Crippen LogP contribution >= 0.6 is 0 Å². The summed E-state index contributed by atoms with van der Waals surface area (Å²) in [5.41, 5.74) is 4.55. The van der Waals surface area contributed by atoms with Crippen LogP contribution in [0.4, 0.5) is 0 Å². The molecule has 1 N–H and O–H groups in total. The maximum Gasteiger partial charge on any atom is 0.225 e. The molecule has 3 heteroatoms. The number of rotatable bonds is 4. The fourth-order valence-electron chi connectivity index (χ4n) is 6.11. The van der Waals surface area contributed by atoms with Crippen molar-refractivity contribution >= 4 is 5.91 Å². The Morgan fingerprint density at radius 1 is 1.19 bits per heavy atom. The summed E-state index contributed by atoms with van der Waals surface area (Å²) in [7, 11) is 0. The van der Waals surface area contributed by atoms with E-state index in [-0.39, 0.29) is 5.92 Å². The van der Waals surface area contributed by atoms with E-state index in [0.717, 1.165) is 24.9 Å². The summed E-state index contributed by atoms with van der Waals surface area (Å²) in [4.78, 5) is 14.5. The van der Waals surface area contributed by atoms with Gasteiger partial charge in [0.05, 0.1) is 5.60 Å². The van der Waals surface area contributed by atoms with Gasteiger partial charge in [-0.25, -0.2) is 0 Å². The SMILES string of the molecule is Cc1cccc(CC2CC3(C2)CN(C(=O)[C@H]2C[C@@](C)(O)C2)C3)c1C1CC1. The van der Waals surface area contributed by atoms with Gasteiger partial charge in [-0.15, -0.1) is 0 Å². The molecule has 3 aliphatic carbocycles. The molecule has 1 heterocycles. The van der Waals surface area contributed by atoms with Crippen LogP contribution in [0.5, 0.6) is 0 Å². The van der Waals surface area contributed by atoms with Crippen LogP contribution in [0.2, 0.25) is 0 Å². The topological polar surface area (TPSA) is 40.5 Å². The maximum absolute atomic E-state index is 12.5. The molecule has 1 spiro atoms. The lowest BCUT2D eigenvalue weighted by Crippen LogP contribution is -2.66. The van der Waals surface area contributed by atoms with Crippen LogP contribution in [0.25, 0.3) is 0 Å². The highest BCUT2D eigenvalue weighted by molar-refractivity contribution is 5.81. The van der Waals surface area contributed by atoms with E-state index in [1.54, 1.807) is 11.1 Å². The van der Waals surface area contributed by atoms with Crippen LogP contribution in [0.1, 0.15) is 68.1 Å². The summed E-state index contributed by atoms with van der Waals surface area (Å²) in [6.07, 6.45) is 7.85. The van der Waals surface area contributed by atoms with Crippen LogP contribution in [-0.2, 0) is 11.2 Å². The van der Waals surface area contributed by atoms with Crippen molar-refractivity contribution in [2.24, 2.45) is 17.3 Å². The molecule has 3 saturated carbocycles. The van der Waals surface area contributed by atoms with Crippen LogP contribution in [0.15, 0.2) is 18.2 Å². The highest BCUT2D eigenvalue weighted by atomic mass is 16.3. The zero-order chi connectivity index (χ0) is 18.1. The fraction of sp³-hybridized carbons (Fsp3) is 0.696. The van der Waals surface area contributed by atoms with E-state index in [1.165, 1.54) is 37.7 Å². The van der Waals surface area contributed by atoms with Crippen molar-refractivity contribution < 1.29 is 9.90 Å². The predicted molar refractivity (Wildman–Crippen MR) is 102 cm³/mol. The van der Waals surface area contributed by atoms with E-state index >= 15 is 0 Å². The molecule has 1 aromatic carbocycles. The first kappa shape index (κ1) is 16.8. The number of likely N-dealkylation sites (tertiary alicyclic amines) is 1. The Balaban J connectivity index is 1.14. The molecule has 3 nitrogen and oxygen atoms in total. The lowest BCUT2D eigenvalue weighted by atomic mass is 9.56. The van der Waals surface area contributed by atoms with Crippen LogP contribution < -0.4 is 0 Å². The Morgan fingerprint density at radius 2 is 1.88 bits per heavy atom. The van der Waals surface area contributed by atoms with Crippen molar-refractivity contribution in [3.8, 4) is 0 Å². The number of carbonyl (C=O) groups is 1. The number of aryl methyl sites for hydroxylation is 1. The zero-order valence-corrected chi connectivity index (χ0v) is 16.1. The Bertz CT molecular complexity index is 727. The number of benzene rings is 1. The van der Waals surface area contributed by atoms with Crippen LogP contribution in [-0.4, -0.2) is 34.6 Å². The maximum atomic E-state index is 12.5. The third-order valence-electron chi connectivity index (χ3n) is 7.44. The van der Waals surface area contributed by atoms with Crippen LogP contribution in [0.3, 0.4) is 0 Å². The molecule has 4 fully saturated rings. The standard InChI is InChI=1S/C23H31NO2/c1-15-4-3-5-18(20(15)17-6-7-17)8-16-9-23(10-16)13-24(14-23)21(25)19-11-22(2,26)12-19/h3-5,16-17,19,26H,6-14H2,1-2H3/t19-,22+. The molecule has 0 radical (unpaired) electrons. The number of hydrogen-bond acceptors (Lipinski definition) is 2. The summed E-state index contributed by atoms with van der Waals surface area (Å²) in [5, 5.41) is 9.85. The smallest absolute Gasteiger partial charge is 0.225 e. The normalized spacial score (nSPS) is 32.7. The molecule has 0 unspecified atom stereocenters. The first-order valence-electron chi connectivity index (χ1n) is 10.4. The summed E-state index contributed by atoms with van der Waals surface area (Å²) < 4.78 is 0. The van der Waals surface area contributed by atoms with Crippen molar-refractivity contribution in [2.45, 2.75) is 70.3 Å². The molecular formula is C23H31NO2. The molecule has 4 aliphatic rings. The Labute approximate surface area is 156 Å². The second kappa shape index (κ2) is 5.58. The second-order valence-corrected chi connectivity index (χ2v) is 10.2. The fourth-order valence-corrected chi connectivity index (χ4v) is 6.11. The summed E-state index contributed by atoms with van der Waals surface area (Å²) in [6, 6.07) is 6.85. The van der Waals surface area contributed by atoms with Crippen molar-refractivity contribution in [1.29, 1.82) is 0 Å². The number of aliphatic hydroxyl groups is 1. The highest BCUT2D eigenvalue weighted by Gasteiger charge is 2.55. The first-order valence-corrected chi connectivity index (χ1v) is 10.4. The highest BCUT2D eigenvalue weighted by Crippen LogP contribution is 2.54. The van der Waals surface area contributed by atoms with Crippen molar-refractivity contribution in [1.82, 2.24) is 4.90 Å². The minimum absolute atomic E-state index is 0.0756. The predicted octanol–water partition coefficient (Wildman–Crippen LogP) is 3.81. The molecule has 1 aliphatic heterocycles. The van der Waals surface area contributed by atoms with Crippen molar-refractivity contribution in [3.05, 3.63) is 34.9 Å². The second-order valence-electron chi connectivity index (χ2n) is 10.2. The Morgan fingerprint density at radius 3 is 2.50 bits per heavy atom. The van der Waals surface area contributed by atoms with Gasteiger partial charge in [0.2, 0.25) is 5.91 Å². The van der Waals surface area contributed by atoms with E-state index in [9.17, 15) is 9.90 Å². The van der Waals surface area contributed by atoms with Gasteiger partial charge in [0.25, 0.3) is 0 Å². The lowest BCUT2D eigenvalue weighted by molar-refractivity contribution is -0.171. The molecule has 1 aromatic rings. The van der Waals surface area contributed by atoms with Gasteiger partial charge < -0.3 is 10.0 Å². The van der Waals surface area contributed by atoms with Gasteiger partial charge in [0.15, 0.2) is 0 Å². The third kappa shape index (κ3) is 2.79. The molecule has 1 saturated heterocycles. The molecule has 5 rings (SSSR count). The Hall–Kier alpha value is -1.35. The molecule has 0 atom stereocenters. The summed E-state index contributed by atoms with van der Waals surface area (Å²) >= 11 is 0. The van der Waals surface area contributed by atoms with E-state index in [2.05, 4.69) is 30.0 Å². The van der Waals surface area contributed by atoms with Gasteiger partial charge in [0, 0.05) is 24.4 Å². The van der Waals surface area contributed by atoms with Crippen molar-refractivity contribution in [3.63, 3.8) is 0 Å². The van der Waals surface area contributed by atoms with Gasteiger partial charge in [-0.05, 0) is 87.3 Å². The van der Waals surface area contributed by atoms with Crippen molar-refractivity contribution in [2.75, 3.05) is 13.1 Å². The minimum atomic E-state index is -0.600. The molecule has 140 valence electrons. The zero-order valence-electron chi connectivity index (χ0n) is 16.1. The minimum Gasteiger partial charge on any atom is -0.390 e. The van der Waals surface area contributed by atoms with Crippen LogP contribution in [0, 0.1) is 24.2 Å². The average molecular weight is 354 g/mol. The largest absolute Gasteiger partial charge is 0.390 e. The average Bonchev–Trinajstić information content (AvgIpc) is 3.29. The molecule has 26 heavy (non-hydrogen) atoms. The van der Waals surface area contributed by atoms with Gasteiger partial charge in [-0.2, -0.15) is 0 Å². The van der Waals surface area contributed by atoms with Gasteiger partial charge in [0.1, 0.15) is 0 Å². The lowest BCUT2D eigenvalue weighted by Gasteiger charge is -2.60. The number of carbonyl (C=O) groups excluding carboxylic acids is 1. The van der Waals surface area contributed by atoms with E-state index < -0.39 is 5.60 Å². The van der Waals surface area contributed by atoms with Gasteiger partial charge >= 0.3 is 0 Å².